The number of anilines is 2. The minimum atomic E-state index is -0.162. The number of halogens is 1. The van der Waals surface area contributed by atoms with Gasteiger partial charge in [0.25, 0.3) is 0 Å². The molecule has 3 aliphatic rings. The maximum absolute atomic E-state index is 13.1. The second kappa shape index (κ2) is 6.25. The number of aryl methyl sites for hydroxylation is 2. The Kier molecular flexibility index (Phi) is 3.90. The Morgan fingerprint density at radius 1 is 0.960 bits per heavy atom. The van der Waals surface area contributed by atoms with Gasteiger partial charge < -0.3 is 9.80 Å². The van der Waals surface area contributed by atoms with Crippen molar-refractivity contribution in [1.82, 2.24) is 9.88 Å². The maximum atomic E-state index is 13.1. The van der Waals surface area contributed by atoms with Gasteiger partial charge in [0, 0.05) is 55.9 Å². The van der Waals surface area contributed by atoms with E-state index in [2.05, 4.69) is 14.7 Å². The van der Waals surface area contributed by atoms with Gasteiger partial charge in [-0.3, -0.25) is 4.90 Å². The predicted molar refractivity (Wildman–Crippen MR) is 100 cm³/mol. The Morgan fingerprint density at radius 3 is 2.44 bits per heavy atom. The Bertz CT molecular complexity index is 724. The van der Waals surface area contributed by atoms with E-state index < -0.39 is 0 Å². The predicted octanol–water partition coefficient (Wildman–Crippen LogP) is 2.78. The van der Waals surface area contributed by atoms with E-state index in [9.17, 15) is 4.39 Å². The van der Waals surface area contributed by atoms with E-state index in [1.807, 2.05) is 23.5 Å². The fourth-order valence-electron chi connectivity index (χ4n) is 4.15. The molecule has 25 heavy (non-hydrogen) atoms. The van der Waals surface area contributed by atoms with E-state index in [-0.39, 0.29) is 5.82 Å². The molecule has 0 saturated carbocycles. The molecule has 0 atom stereocenters. The summed E-state index contributed by atoms with van der Waals surface area (Å²) in [5.74, 6) is -0.162. The summed E-state index contributed by atoms with van der Waals surface area (Å²) < 4.78 is 13.1. The number of aromatic nitrogens is 1. The summed E-state index contributed by atoms with van der Waals surface area (Å²) in [4.78, 5) is 13.8. The highest BCUT2D eigenvalue weighted by atomic mass is 32.1. The summed E-state index contributed by atoms with van der Waals surface area (Å²) in [5, 5.41) is 1.24. The molecule has 0 unspecified atom stereocenters. The summed E-state index contributed by atoms with van der Waals surface area (Å²) in [6.45, 7) is 6.45. The molecule has 2 aliphatic heterocycles. The third kappa shape index (κ3) is 2.91. The molecule has 3 heterocycles. The quantitative estimate of drug-likeness (QED) is 0.841. The van der Waals surface area contributed by atoms with Crippen LogP contribution in [-0.2, 0) is 12.8 Å². The van der Waals surface area contributed by atoms with Crippen LogP contribution in [0.3, 0.4) is 0 Å². The zero-order chi connectivity index (χ0) is 16.8. The molecule has 0 spiro atoms. The van der Waals surface area contributed by atoms with Crippen LogP contribution >= 0.6 is 11.3 Å². The molecule has 5 rings (SSSR count). The minimum Gasteiger partial charge on any atom is -0.369 e. The SMILES string of the molecule is Fc1ccc(N2CCN(C3CN(c4nc5c(s4)CCC5)C3)CC2)cc1. The van der Waals surface area contributed by atoms with E-state index in [0.717, 1.165) is 45.0 Å². The van der Waals surface area contributed by atoms with Crippen LogP contribution in [0.15, 0.2) is 24.3 Å². The first-order chi connectivity index (χ1) is 12.3. The van der Waals surface area contributed by atoms with Crippen molar-refractivity contribution < 1.29 is 4.39 Å². The lowest BCUT2D eigenvalue weighted by molar-refractivity contribution is 0.157. The third-order valence-electron chi connectivity index (χ3n) is 5.74. The normalized spacial score (nSPS) is 21.5. The van der Waals surface area contributed by atoms with Crippen molar-refractivity contribution >= 4 is 22.2 Å². The molecule has 2 aromatic rings. The highest BCUT2D eigenvalue weighted by Crippen LogP contribution is 2.35. The number of nitrogens with zero attached hydrogens (tertiary/aromatic N) is 4. The fourth-order valence-corrected chi connectivity index (χ4v) is 5.32. The van der Waals surface area contributed by atoms with Crippen LogP contribution in [-0.4, -0.2) is 55.2 Å². The Labute approximate surface area is 151 Å². The van der Waals surface area contributed by atoms with Gasteiger partial charge in [-0.2, -0.15) is 0 Å². The minimum absolute atomic E-state index is 0.162. The van der Waals surface area contributed by atoms with E-state index in [4.69, 9.17) is 4.98 Å². The van der Waals surface area contributed by atoms with Crippen molar-refractivity contribution in [3.05, 3.63) is 40.7 Å². The van der Waals surface area contributed by atoms with Crippen molar-refractivity contribution in [2.75, 3.05) is 49.1 Å². The second-order valence-electron chi connectivity index (χ2n) is 7.28. The van der Waals surface area contributed by atoms with E-state index in [1.54, 1.807) is 12.1 Å². The van der Waals surface area contributed by atoms with Gasteiger partial charge in [-0.05, 0) is 43.5 Å². The third-order valence-corrected chi connectivity index (χ3v) is 6.96. The maximum Gasteiger partial charge on any atom is 0.185 e. The lowest BCUT2D eigenvalue weighted by Gasteiger charge is -2.48. The van der Waals surface area contributed by atoms with E-state index in [0.29, 0.717) is 6.04 Å². The van der Waals surface area contributed by atoms with Gasteiger partial charge in [0.05, 0.1) is 5.69 Å². The molecule has 0 amide bonds. The first kappa shape index (κ1) is 15.6. The van der Waals surface area contributed by atoms with Crippen molar-refractivity contribution in [1.29, 1.82) is 0 Å². The van der Waals surface area contributed by atoms with Crippen molar-refractivity contribution in [3.63, 3.8) is 0 Å². The summed E-state index contributed by atoms with van der Waals surface area (Å²) in [7, 11) is 0. The summed E-state index contributed by atoms with van der Waals surface area (Å²) in [6, 6.07) is 7.54. The van der Waals surface area contributed by atoms with Crippen molar-refractivity contribution in [3.8, 4) is 0 Å². The topological polar surface area (TPSA) is 22.6 Å². The molecular formula is C19H23FN4S. The van der Waals surface area contributed by atoms with Gasteiger partial charge >= 0.3 is 0 Å². The largest absolute Gasteiger partial charge is 0.369 e. The lowest BCUT2D eigenvalue weighted by atomic mass is 10.1. The summed E-state index contributed by atoms with van der Waals surface area (Å²) >= 11 is 1.91. The van der Waals surface area contributed by atoms with Crippen molar-refractivity contribution in [2.24, 2.45) is 0 Å². The lowest BCUT2D eigenvalue weighted by Crippen LogP contribution is -2.63. The van der Waals surface area contributed by atoms with Gasteiger partial charge in [0.2, 0.25) is 0 Å². The average Bonchev–Trinajstić information content (AvgIpc) is 3.17. The molecule has 4 nitrogen and oxygen atoms in total. The molecule has 6 heteroatoms. The van der Waals surface area contributed by atoms with Crippen LogP contribution in [0.2, 0.25) is 0 Å². The molecule has 2 fully saturated rings. The molecule has 1 aromatic heterocycles. The van der Waals surface area contributed by atoms with Crippen LogP contribution in [0, 0.1) is 5.82 Å². The van der Waals surface area contributed by atoms with Crippen LogP contribution in [0.25, 0.3) is 0 Å². The van der Waals surface area contributed by atoms with Gasteiger partial charge in [-0.25, -0.2) is 9.37 Å². The highest BCUT2D eigenvalue weighted by molar-refractivity contribution is 7.15. The van der Waals surface area contributed by atoms with E-state index >= 15 is 0 Å². The van der Waals surface area contributed by atoms with Gasteiger partial charge in [0.15, 0.2) is 5.13 Å². The number of thiazole rings is 1. The zero-order valence-corrected chi connectivity index (χ0v) is 15.1. The Balaban J connectivity index is 1.14. The number of hydrogen-bond donors (Lipinski definition) is 0. The molecule has 132 valence electrons. The number of hydrogen-bond acceptors (Lipinski definition) is 5. The smallest absolute Gasteiger partial charge is 0.185 e. The first-order valence-corrected chi connectivity index (χ1v) is 10.1. The van der Waals surface area contributed by atoms with Crippen LogP contribution in [0.5, 0.6) is 0 Å². The van der Waals surface area contributed by atoms with Gasteiger partial charge in [-0.1, -0.05) is 0 Å². The number of piperazine rings is 1. The Hall–Kier alpha value is -1.66. The molecular weight excluding hydrogens is 335 g/mol. The fraction of sp³-hybridized carbons (Fsp3) is 0.526. The van der Waals surface area contributed by atoms with Crippen LogP contribution in [0.1, 0.15) is 17.0 Å². The molecule has 0 bridgehead atoms. The number of fused-ring (bicyclic) bond motifs is 1. The number of benzene rings is 1. The van der Waals surface area contributed by atoms with Crippen molar-refractivity contribution in [2.45, 2.75) is 25.3 Å². The van der Waals surface area contributed by atoms with Gasteiger partial charge in [0.1, 0.15) is 5.82 Å². The summed E-state index contributed by atoms with van der Waals surface area (Å²) in [5.41, 5.74) is 2.49. The van der Waals surface area contributed by atoms with Crippen LogP contribution < -0.4 is 9.80 Å². The molecule has 1 aliphatic carbocycles. The molecule has 2 saturated heterocycles. The van der Waals surface area contributed by atoms with Crippen LogP contribution in [0.4, 0.5) is 15.2 Å². The monoisotopic (exact) mass is 358 g/mol. The first-order valence-electron chi connectivity index (χ1n) is 9.24. The Morgan fingerprint density at radius 2 is 1.72 bits per heavy atom. The summed E-state index contributed by atoms with van der Waals surface area (Å²) in [6.07, 6.45) is 3.69. The number of rotatable bonds is 3. The average molecular weight is 358 g/mol. The molecule has 1 aromatic carbocycles. The highest BCUT2D eigenvalue weighted by Gasteiger charge is 2.35. The molecule has 0 N–H and O–H groups in total. The second-order valence-corrected chi connectivity index (χ2v) is 8.34. The standard InChI is InChI=1S/C19H23FN4S/c20-14-4-6-15(7-5-14)22-8-10-23(11-9-22)16-12-24(13-16)19-21-17-2-1-3-18(17)25-19/h4-7,16H,1-3,8-13H2. The zero-order valence-electron chi connectivity index (χ0n) is 14.3. The molecule has 0 radical (unpaired) electrons. The van der Waals surface area contributed by atoms with E-state index in [1.165, 1.54) is 35.0 Å². The van der Waals surface area contributed by atoms with Gasteiger partial charge in [-0.15, -0.1) is 11.3 Å².